The van der Waals surface area contributed by atoms with E-state index in [4.69, 9.17) is 0 Å². The number of nitrogens with one attached hydrogen (secondary N) is 1. The van der Waals surface area contributed by atoms with Crippen molar-refractivity contribution in [3.8, 4) is 5.75 Å². The van der Waals surface area contributed by atoms with Crippen LogP contribution in [-0.4, -0.2) is 27.4 Å². The third-order valence-electron chi connectivity index (χ3n) is 2.20. The van der Waals surface area contributed by atoms with Gasteiger partial charge < -0.3 is 10.4 Å². The zero-order valence-corrected chi connectivity index (χ0v) is 10.2. The molecule has 0 heterocycles. The number of rotatable bonds is 5. The van der Waals surface area contributed by atoms with Gasteiger partial charge >= 0.3 is 0 Å². The van der Waals surface area contributed by atoms with Gasteiger partial charge in [0, 0.05) is 41.0 Å². The molecular formula is C11H16FNO2S. The molecule has 0 aliphatic rings. The molecule has 0 fully saturated rings. The Bertz CT molecular complexity index is 384. The first-order chi connectivity index (χ1) is 7.50. The molecule has 0 saturated heterocycles. The van der Waals surface area contributed by atoms with Crippen molar-refractivity contribution in [3.05, 3.63) is 29.6 Å². The van der Waals surface area contributed by atoms with Crippen molar-refractivity contribution in [3.63, 3.8) is 0 Å². The smallest absolute Gasteiger partial charge is 0.165 e. The molecule has 90 valence electrons. The number of phenols is 1. The lowest BCUT2D eigenvalue weighted by atomic mass is 10.2. The molecule has 0 radical (unpaired) electrons. The monoisotopic (exact) mass is 245 g/mol. The minimum absolute atomic E-state index is 0.0634. The van der Waals surface area contributed by atoms with Crippen LogP contribution in [0, 0.1) is 5.82 Å². The van der Waals surface area contributed by atoms with Crippen molar-refractivity contribution >= 4 is 10.8 Å². The Morgan fingerprint density at radius 1 is 1.56 bits per heavy atom. The molecule has 16 heavy (non-hydrogen) atoms. The van der Waals surface area contributed by atoms with E-state index in [2.05, 4.69) is 5.32 Å². The largest absolute Gasteiger partial charge is 0.505 e. The zero-order chi connectivity index (χ0) is 12.1. The Kier molecular flexibility index (Phi) is 4.89. The van der Waals surface area contributed by atoms with Gasteiger partial charge in [-0.3, -0.25) is 4.21 Å². The van der Waals surface area contributed by atoms with Crippen LogP contribution in [0.2, 0.25) is 0 Å². The number of halogens is 1. The van der Waals surface area contributed by atoms with Crippen molar-refractivity contribution < 1.29 is 13.7 Å². The maximum atomic E-state index is 13.0. The van der Waals surface area contributed by atoms with E-state index in [0.29, 0.717) is 17.9 Å². The van der Waals surface area contributed by atoms with Crippen LogP contribution < -0.4 is 5.32 Å². The fourth-order valence-electron chi connectivity index (χ4n) is 1.40. The molecule has 0 amide bonds. The minimum Gasteiger partial charge on any atom is -0.505 e. The van der Waals surface area contributed by atoms with Crippen molar-refractivity contribution in [1.82, 2.24) is 5.32 Å². The molecule has 2 unspecified atom stereocenters. The number of hydrogen-bond acceptors (Lipinski definition) is 3. The molecular weight excluding hydrogens is 229 g/mol. The van der Waals surface area contributed by atoms with Gasteiger partial charge in [-0.15, -0.1) is 0 Å². The summed E-state index contributed by atoms with van der Waals surface area (Å²) in [5.41, 5.74) is 0.508. The SMILES string of the molecule is CC(CS(C)=O)NCc1cccc(F)c1O. The Labute approximate surface area is 97.1 Å². The molecule has 5 heteroatoms. The normalized spacial score (nSPS) is 14.7. The second kappa shape index (κ2) is 5.96. The topological polar surface area (TPSA) is 49.3 Å². The lowest BCUT2D eigenvalue weighted by molar-refractivity contribution is 0.421. The average Bonchev–Trinajstić information content (AvgIpc) is 2.19. The van der Waals surface area contributed by atoms with Gasteiger partial charge in [-0.2, -0.15) is 0 Å². The van der Waals surface area contributed by atoms with Crippen LogP contribution in [0.4, 0.5) is 4.39 Å². The van der Waals surface area contributed by atoms with Gasteiger partial charge in [0.2, 0.25) is 0 Å². The van der Waals surface area contributed by atoms with Gasteiger partial charge in [-0.25, -0.2) is 4.39 Å². The number of hydrogen-bond donors (Lipinski definition) is 2. The summed E-state index contributed by atoms with van der Waals surface area (Å²) in [6.07, 6.45) is 1.64. The maximum absolute atomic E-state index is 13.0. The Morgan fingerprint density at radius 2 is 2.25 bits per heavy atom. The van der Waals surface area contributed by atoms with Crippen molar-refractivity contribution in [2.45, 2.75) is 19.5 Å². The fourth-order valence-corrected chi connectivity index (χ4v) is 2.22. The molecule has 0 aliphatic carbocycles. The minimum atomic E-state index is -0.862. The van der Waals surface area contributed by atoms with E-state index in [1.165, 1.54) is 6.07 Å². The highest BCUT2D eigenvalue weighted by Gasteiger charge is 2.08. The van der Waals surface area contributed by atoms with Crippen LogP contribution >= 0.6 is 0 Å². The van der Waals surface area contributed by atoms with Gasteiger partial charge in [-0.1, -0.05) is 12.1 Å². The summed E-state index contributed by atoms with van der Waals surface area (Å²) in [6.45, 7) is 2.26. The molecule has 0 aromatic heterocycles. The molecule has 0 aliphatic heterocycles. The van der Waals surface area contributed by atoms with Crippen LogP contribution in [0.1, 0.15) is 12.5 Å². The zero-order valence-electron chi connectivity index (χ0n) is 9.37. The highest BCUT2D eigenvalue weighted by molar-refractivity contribution is 7.84. The third-order valence-corrected chi connectivity index (χ3v) is 3.17. The Hall–Kier alpha value is -0.940. The summed E-state index contributed by atoms with van der Waals surface area (Å²) in [5.74, 6) is -0.401. The highest BCUT2D eigenvalue weighted by atomic mass is 32.2. The fraction of sp³-hybridized carbons (Fsp3) is 0.455. The Morgan fingerprint density at radius 3 is 2.88 bits per heavy atom. The van der Waals surface area contributed by atoms with Gasteiger partial charge in [0.25, 0.3) is 0 Å². The summed E-state index contributed by atoms with van der Waals surface area (Å²) in [6, 6.07) is 4.48. The van der Waals surface area contributed by atoms with E-state index in [1.807, 2.05) is 6.92 Å². The maximum Gasteiger partial charge on any atom is 0.165 e. The average molecular weight is 245 g/mol. The number of benzene rings is 1. The summed E-state index contributed by atoms with van der Waals surface area (Å²) in [5, 5.41) is 12.5. The van der Waals surface area contributed by atoms with E-state index in [0.717, 1.165) is 0 Å². The summed E-state index contributed by atoms with van der Waals surface area (Å²) in [7, 11) is -0.862. The molecule has 0 spiro atoms. The lowest BCUT2D eigenvalue weighted by Gasteiger charge is -2.13. The van der Waals surface area contributed by atoms with Crippen LogP contribution in [0.25, 0.3) is 0 Å². The second-order valence-corrected chi connectivity index (χ2v) is 5.25. The standard InChI is InChI=1S/C11H16FNO2S/c1-8(7-16(2)15)13-6-9-4-3-5-10(12)11(9)14/h3-5,8,13-14H,6-7H2,1-2H3. The molecule has 1 aromatic carbocycles. The summed E-state index contributed by atoms with van der Waals surface area (Å²) < 4.78 is 23.9. The second-order valence-electron chi connectivity index (χ2n) is 3.77. The van der Waals surface area contributed by atoms with E-state index < -0.39 is 16.6 Å². The summed E-state index contributed by atoms with van der Waals surface area (Å²) in [4.78, 5) is 0. The van der Waals surface area contributed by atoms with Crippen LogP contribution in [0.3, 0.4) is 0 Å². The number of para-hydroxylation sites is 1. The predicted molar refractivity (Wildman–Crippen MR) is 63.3 cm³/mol. The van der Waals surface area contributed by atoms with Gasteiger partial charge in [0.15, 0.2) is 11.6 Å². The molecule has 1 aromatic rings. The molecule has 0 saturated carbocycles. The van der Waals surface area contributed by atoms with E-state index >= 15 is 0 Å². The van der Waals surface area contributed by atoms with E-state index in [9.17, 15) is 13.7 Å². The van der Waals surface area contributed by atoms with Gasteiger partial charge in [-0.05, 0) is 13.0 Å². The van der Waals surface area contributed by atoms with Crippen LogP contribution in [-0.2, 0) is 17.3 Å². The number of phenolic OH excluding ortho intramolecular Hbond substituents is 1. The molecule has 2 atom stereocenters. The lowest BCUT2D eigenvalue weighted by Crippen LogP contribution is -2.30. The predicted octanol–water partition coefficient (Wildman–Crippen LogP) is 1.39. The van der Waals surface area contributed by atoms with Crippen molar-refractivity contribution in [1.29, 1.82) is 0 Å². The van der Waals surface area contributed by atoms with Crippen LogP contribution in [0.5, 0.6) is 5.75 Å². The van der Waals surface area contributed by atoms with E-state index in [-0.39, 0.29) is 11.8 Å². The summed E-state index contributed by atoms with van der Waals surface area (Å²) >= 11 is 0. The molecule has 2 N–H and O–H groups in total. The molecule has 3 nitrogen and oxygen atoms in total. The molecule has 1 rings (SSSR count). The molecule has 0 bridgehead atoms. The third kappa shape index (κ3) is 3.90. The van der Waals surface area contributed by atoms with Gasteiger partial charge in [0.05, 0.1) is 0 Å². The highest BCUT2D eigenvalue weighted by Crippen LogP contribution is 2.20. The van der Waals surface area contributed by atoms with Gasteiger partial charge in [0.1, 0.15) is 0 Å². The number of aromatic hydroxyl groups is 1. The Balaban J connectivity index is 2.54. The van der Waals surface area contributed by atoms with Crippen molar-refractivity contribution in [2.75, 3.05) is 12.0 Å². The van der Waals surface area contributed by atoms with Crippen LogP contribution in [0.15, 0.2) is 18.2 Å². The first kappa shape index (κ1) is 13.1. The first-order valence-electron chi connectivity index (χ1n) is 5.00. The first-order valence-corrected chi connectivity index (χ1v) is 6.73. The van der Waals surface area contributed by atoms with E-state index in [1.54, 1.807) is 18.4 Å². The quantitative estimate of drug-likeness (QED) is 0.824. The van der Waals surface area contributed by atoms with Crippen molar-refractivity contribution in [2.24, 2.45) is 0 Å².